The molecule has 2 amide bonds. The molecule has 0 spiro atoms. The number of alkyl halides is 3. The van der Waals surface area contributed by atoms with Crippen molar-refractivity contribution in [2.45, 2.75) is 57.3 Å². The Morgan fingerprint density at radius 2 is 1.83 bits per heavy atom. The van der Waals surface area contributed by atoms with E-state index in [1.807, 2.05) is 6.92 Å². The molecule has 1 saturated carbocycles. The zero-order chi connectivity index (χ0) is 17.3. The summed E-state index contributed by atoms with van der Waals surface area (Å²) >= 11 is 0. The molecule has 23 heavy (non-hydrogen) atoms. The highest BCUT2D eigenvalue weighted by molar-refractivity contribution is 5.74. The average molecular weight is 340 g/mol. The van der Waals surface area contributed by atoms with Gasteiger partial charge in [-0.2, -0.15) is 13.2 Å². The van der Waals surface area contributed by atoms with Gasteiger partial charge in [-0.25, -0.2) is 4.79 Å². The van der Waals surface area contributed by atoms with Crippen LogP contribution in [0.1, 0.15) is 39.0 Å². The SMILES string of the molecule is CCNC(=O)NC1CCC(OC(=O)CCOCC(F)(F)F)CC1. The van der Waals surface area contributed by atoms with Crippen LogP contribution in [0.2, 0.25) is 0 Å². The summed E-state index contributed by atoms with van der Waals surface area (Å²) in [5.74, 6) is -0.563. The van der Waals surface area contributed by atoms with Crippen LogP contribution in [-0.4, -0.2) is 50.1 Å². The predicted molar refractivity (Wildman–Crippen MR) is 75.8 cm³/mol. The molecule has 1 rings (SSSR count). The molecule has 9 heteroatoms. The van der Waals surface area contributed by atoms with E-state index in [9.17, 15) is 22.8 Å². The van der Waals surface area contributed by atoms with Gasteiger partial charge in [0.25, 0.3) is 0 Å². The van der Waals surface area contributed by atoms with Gasteiger partial charge in [0, 0.05) is 12.6 Å². The first kappa shape index (κ1) is 19.5. The molecule has 0 saturated heterocycles. The van der Waals surface area contributed by atoms with Crippen molar-refractivity contribution in [3.8, 4) is 0 Å². The van der Waals surface area contributed by atoms with Crippen LogP contribution in [0, 0.1) is 0 Å². The van der Waals surface area contributed by atoms with Crippen LogP contribution >= 0.6 is 0 Å². The molecule has 0 atom stereocenters. The second kappa shape index (κ2) is 9.59. The lowest BCUT2D eigenvalue weighted by atomic mass is 9.93. The number of carbonyl (C=O) groups is 2. The van der Waals surface area contributed by atoms with Gasteiger partial charge in [-0.15, -0.1) is 0 Å². The summed E-state index contributed by atoms with van der Waals surface area (Å²) in [6.45, 7) is 0.701. The normalized spacial score (nSPS) is 21.6. The van der Waals surface area contributed by atoms with Gasteiger partial charge in [-0.3, -0.25) is 4.79 Å². The summed E-state index contributed by atoms with van der Waals surface area (Å²) in [6.07, 6.45) is -2.22. The van der Waals surface area contributed by atoms with Gasteiger partial charge in [-0.1, -0.05) is 0 Å². The lowest BCUT2D eigenvalue weighted by Crippen LogP contribution is -2.44. The Morgan fingerprint density at radius 1 is 1.17 bits per heavy atom. The molecule has 0 heterocycles. The molecule has 0 unspecified atom stereocenters. The molecule has 0 bridgehead atoms. The molecule has 0 aliphatic heterocycles. The summed E-state index contributed by atoms with van der Waals surface area (Å²) in [5.41, 5.74) is 0. The van der Waals surface area contributed by atoms with Crippen molar-refractivity contribution in [1.29, 1.82) is 0 Å². The molecule has 1 aliphatic carbocycles. The van der Waals surface area contributed by atoms with E-state index in [-0.39, 0.29) is 31.2 Å². The van der Waals surface area contributed by atoms with Crippen molar-refractivity contribution in [1.82, 2.24) is 10.6 Å². The fourth-order valence-corrected chi connectivity index (χ4v) is 2.31. The van der Waals surface area contributed by atoms with E-state index in [4.69, 9.17) is 4.74 Å². The van der Waals surface area contributed by atoms with E-state index >= 15 is 0 Å². The highest BCUT2D eigenvalue weighted by atomic mass is 19.4. The predicted octanol–water partition coefficient (Wildman–Crippen LogP) is 2.13. The third kappa shape index (κ3) is 9.27. The molecule has 0 aromatic heterocycles. The molecule has 6 nitrogen and oxygen atoms in total. The van der Waals surface area contributed by atoms with Crippen molar-refractivity contribution in [3.05, 3.63) is 0 Å². The maximum atomic E-state index is 11.9. The molecule has 1 fully saturated rings. The Bertz CT molecular complexity index is 383. The summed E-state index contributed by atoms with van der Waals surface area (Å²) in [6, 6.07) is -0.165. The first-order chi connectivity index (χ1) is 10.8. The van der Waals surface area contributed by atoms with Crippen LogP contribution in [0.4, 0.5) is 18.0 Å². The van der Waals surface area contributed by atoms with Gasteiger partial charge in [0.15, 0.2) is 0 Å². The second-order valence-electron chi connectivity index (χ2n) is 5.39. The maximum Gasteiger partial charge on any atom is 0.411 e. The molecule has 2 N–H and O–H groups in total. The summed E-state index contributed by atoms with van der Waals surface area (Å²) in [4.78, 5) is 22.9. The zero-order valence-electron chi connectivity index (χ0n) is 13.1. The van der Waals surface area contributed by atoms with Crippen LogP contribution in [0.25, 0.3) is 0 Å². The molecule has 0 aromatic rings. The van der Waals surface area contributed by atoms with E-state index in [1.54, 1.807) is 0 Å². The molecule has 134 valence electrons. The second-order valence-corrected chi connectivity index (χ2v) is 5.39. The van der Waals surface area contributed by atoms with Gasteiger partial charge in [0.1, 0.15) is 12.7 Å². The number of rotatable bonds is 7. The van der Waals surface area contributed by atoms with Gasteiger partial charge < -0.3 is 20.1 Å². The first-order valence-electron chi connectivity index (χ1n) is 7.68. The van der Waals surface area contributed by atoms with Crippen molar-refractivity contribution in [2.24, 2.45) is 0 Å². The largest absolute Gasteiger partial charge is 0.462 e. The summed E-state index contributed by atoms with van der Waals surface area (Å²) in [7, 11) is 0. The van der Waals surface area contributed by atoms with Gasteiger partial charge in [0.2, 0.25) is 0 Å². The Kier molecular flexibility index (Phi) is 8.15. The topological polar surface area (TPSA) is 76.7 Å². The standard InChI is InChI=1S/C14H23F3N2O4/c1-2-18-13(21)19-10-3-5-11(6-4-10)23-12(20)7-8-22-9-14(15,16)17/h10-11H,2-9H2,1H3,(H2,18,19,21). The Balaban J connectivity index is 2.13. The summed E-state index contributed by atoms with van der Waals surface area (Å²) < 4.78 is 45.1. The fourth-order valence-electron chi connectivity index (χ4n) is 2.31. The smallest absolute Gasteiger partial charge is 0.411 e. The Labute approximate surface area is 133 Å². The highest BCUT2D eigenvalue weighted by Gasteiger charge is 2.28. The lowest BCUT2D eigenvalue weighted by Gasteiger charge is -2.28. The van der Waals surface area contributed by atoms with Gasteiger partial charge in [-0.05, 0) is 32.6 Å². The average Bonchev–Trinajstić information content (AvgIpc) is 2.45. The number of carbonyl (C=O) groups excluding carboxylic acids is 2. The number of esters is 1. The molecule has 0 aromatic carbocycles. The maximum absolute atomic E-state index is 11.9. The van der Waals surface area contributed by atoms with Gasteiger partial charge >= 0.3 is 18.2 Å². The minimum Gasteiger partial charge on any atom is -0.462 e. The number of hydrogen-bond acceptors (Lipinski definition) is 4. The monoisotopic (exact) mass is 340 g/mol. The number of amides is 2. The number of ether oxygens (including phenoxy) is 2. The lowest BCUT2D eigenvalue weighted by molar-refractivity contribution is -0.177. The minimum atomic E-state index is -4.39. The Hall–Kier alpha value is -1.51. The van der Waals surface area contributed by atoms with Crippen LogP contribution in [0.3, 0.4) is 0 Å². The molecular formula is C14H23F3N2O4. The first-order valence-corrected chi connectivity index (χ1v) is 7.68. The van der Waals surface area contributed by atoms with E-state index in [0.29, 0.717) is 32.2 Å². The van der Waals surface area contributed by atoms with Crippen molar-refractivity contribution < 1.29 is 32.2 Å². The third-order valence-corrected chi connectivity index (χ3v) is 3.36. The quantitative estimate of drug-likeness (QED) is 0.550. The van der Waals surface area contributed by atoms with Crippen LogP contribution in [-0.2, 0) is 14.3 Å². The van der Waals surface area contributed by atoms with Crippen molar-refractivity contribution in [2.75, 3.05) is 19.8 Å². The van der Waals surface area contributed by atoms with Gasteiger partial charge in [0.05, 0.1) is 13.0 Å². The minimum absolute atomic E-state index is 0.0478. The van der Waals surface area contributed by atoms with E-state index in [1.165, 1.54) is 0 Å². The number of urea groups is 1. The summed E-state index contributed by atoms with van der Waals surface area (Å²) in [5, 5.41) is 5.48. The fraction of sp³-hybridized carbons (Fsp3) is 0.857. The number of hydrogen-bond donors (Lipinski definition) is 2. The zero-order valence-corrected chi connectivity index (χ0v) is 13.1. The molecule has 0 radical (unpaired) electrons. The van der Waals surface area contributed by atoms with Crippen LogP contribution in [0.5, 0.6) is 0 Å². The van der Waals surface area contributed by atoms with Crippen LogP contribution in [0.15, 0.2) is 0 Å². The number of nitrogens with one attached hydrogen (secondary N) is 2. The van der Waals surface area contributed by atoms with E-state index < -0.39 is 18.8 Å². The van der Waals surface area contributed by atoms with Crippen LogP contribution < -0.4 is 10.6 Å². The highest BCUT2D eigenvalue weighted by Crippen LogP contribution is 2.21. The Morgan fingerprint density at radius 3 is 2.39 bits per heavy atom. The van der Waals surface area contributed by atoms with Crippen molar-refractivity contribution >= 4 is 12.0 Å². The molecular weight excluding hydrogens is 317 g/mol. The number of halogens is 3. The third-order valence-electron chi connectivity index (χ3n) is 3.36. The van der Waals surface area contributed by atoms with Crippen molar-refractivity contribution in [3.63, 3.8) is 0 Å². The van der Waals surface area contributed by atoms with E-state index in [2.05, 4.69) is 15.4 Å². The van der Waals surface area contributed by atoms with E-state index in [0.717, 1.165) is 0 Å². The molecule has 1 aliphatic rings.